The number of carbonyl (C=O) groups is 2. The topological polar surface area (TPSA) is 66.8 Å². The van der Waals surface area contributed by atoms with E-state index in [4.69, 9.17) is 9.84 Å². The van der Waals surface area contributed by atoms with Crippen molar-refractivity contribution in [2.45, 2.75) is 32.8 Å². The van der Waals surface area contributed by atoms with E-state index in [1.165, 1.54) is 0 Å². The van der Waals surface area contributed by atoms with Crippen LogP contribution in [-0.2, 0) is 20.7 Å². The summed E-state index contributed by atoms with van der Waals surface area (Å²) in [5.41, 5.74) is 2.04. The van der Waals surface area contributed by atoms with Crippen molar-refractivity contribution in [3.05, 3.63) is 35.4 Å². The molecule has 0 aromatic heterocycles. The lowest BCUT2D eigenvalue weighted by Gasteiger charge is -2.31. The Balaban J connectivity index is 2.17. The first kappa shape index (κ1) is 16.5. The van der Waals surface area contributed by atoms with Crippen LogP contribution in [0.5, 0.6) is 0 Å². The van der Waals surface area contributed by atoms with Gasteiger partial charge in [0.25, 0.3) is 5.91 Å². The Morgan fingerprint density at radius 2 is 2.09 bits per heavy atom. The summed E-state index contributed by atoms with van der Waals surface area (Å²) in [6.45, 7) is 5.29. The zero-order chi connectivity index (χ0) is 16.1. The van der Waals surface area contributed by atoms with E-state index < -0.39 is 12.1 Å². The number of hydrogen-bond donors (Lipinski definition) is 1. The highest BCUT2D eigenvalue weighted by Gasteiger charge is 2.31. The number of amides is 1. The van der Waals surface area contributed by atoms with Crippen molar-refractivity contribution in [3.8, 4) is 0 Å². The van der Waals surface area contributed by atoms with E-state index in [1.54, 1.807) is 4.90 Å². The van der Waals surface area contributed by atoms with Crippen molar-refractivity contribution in [1.29, 1.82) is 0 Å². The van der Waals surface area contributed by atoms with Crippen LogP contribution >= 0.6 is 0 Å². The van der Waals surface area contributed by atoms with Gasteiger partial charge in [0.2, 0.25) is 0 Å². The Morgan fingerprint density at radius 3 is 2.77 bits per heavy atom. The van der Waals surface area contributed by atoms with Crippen LogP contribution in [0.2, 0.25) is 0 Å². The van der Waals surface area contributed by atoms with Crippen LogP contribution in [0, 0.1) is 5.92 Å². The van der Waals surface area contributed by atoms with Gasteiger partial charge >= 0.3 is 5.97 Å². The normalized spacial score (nSPS) is 17.1. The molecular formula is C17H23NO4. The zero-order valence-corrected chi connectivity index (χ0v) is 13.1. The zero-order valence-electron chi connectivity index (χ0n) is 13.1. The molecule has 0 bridgehead atoms. The van der Waals surface area contributed by atoms with E-state index in [0.29, 0.717) is 13.2 Å². The predicted molar refractivity (Wildman–Crippen MR) is 82.5 cm³/mol. The van der Waals surface area contributed by atoms with Gasteiger partial charge in [0.1, 0.15) is 0 Å². The highest BCUT2D eigenvalue weighted by atomic mass is 16.5. The molecule has 2 rings (SSSR count). The van der Waals surface area contributed by atoms with Crippen LogP contribution in [0.3, 0.4) is 0 Å². The Morgan fingerprint density at radius 1 is 1.36 bits per heavy atom. The molecule has 22 heavy (non-hydrogen) atoms. The lowest BCUT2D eigenvalue weighted by atomic mass is 9.96. The van der Waals surface area contributed by atoms with E-state index in [1.807, 2.05) is 38.1 Å². The van der Waals surface area contributed by atoms with Gasteiger partial charge in [-0.2, -0.15) is 0 Å². The average Bonchev–Trinajstić information content (AvgIpc) is 2.49. The van der Waals surface area contributed by atoms with Crippen LogP contribution in [0.15, 0.2) is 24.3 Å². The Bertz CT molecular complexity index is 541. The molecule has 1 heterocycles. The Kier molecular flexibility index (Phi) is 5.55. The molecule has 1 unspecified atom stereocenters. The minimum atomic E-state index is -0.897. The fourth-order valence-electron chi connectivity index (χ4n) is 2.73. The van der Waals surface area contributed by atoms with Crippen molar-refractivity contribution in [2.24, 2.45) is 5.92 Å². The lowest BCUT2D eigenvalue weighted by molar-refractivity contribution is -0.147. The first-order valence-corrected chi connectivity index (χ1v) is 7.69. The molecule has 0 saturated heterocycles. The SMILES string of the molecule is CC(C)CN(CCC(=O)O)C(=O)C1OCCc2ccccc21. The summed E-state index contributed by atoms with van der Waals surface area (Å²) in [7, 11) is 0. The number of hydrogen-bond acceptors (Lipinski definition) is 3. The summed E-state index contributed by atoms with van der Waals surface area (Å²) in [4.78, 5) is 25.3. The molecule has 0 radical (unpaired) electrons. The number of ether oxygens (including phenoxy) is 1. The molecule has 0 aliphatic carbocycles. The van der Waals surface area contributed by atoms with Gasteiger partial charge in [0.05, 0.1) is 13.0 Å². The standard InChI is InChI=1S/C17H23NO4/c1-12(2)11-18(9-7-15(19)20)17(21)16-14-6-4-3-5-13(14)8-10-22-16/h3-6,12,16H,7-11H2,1-2H3,(H,19,20). The van der Waals surface area contributed by atoms with Crippen molar-refractivity contribution >= 4 is 11.9 Å². The number of carbonyl (C=O) groups excluding carboxylic acids is 1. The third-order valence-electron chi connectivity index (χ3n) is 3.71. The number of rotatable bonds is 6. The van der Waals surface area contributed by atoms with Gasteiger partial charge in [-0.3, -0.25) is 9.59 Å². The fourth-order valence-corrected chi connectivity index (χ4v) is 2.73. The third kappa shape index (κ3) is 4.07. The number of fused-ring (bicyclic) bond motifs is 1. The number of nitrogens with zero attached hydrogens (tertiary/aromatic N) is 1. The van der Waals surface area contributed by atoms with Gasteiger partial charge < -0.3 is 14.7 Å². The predicted octanol–water partition coefficient (Wildman–Crippen LogP) is 2.26. The third-order valence-corrected chi connectivity index (χ3v) is 3.71. The molecule has 0 fully saturated rings. The van der Waals surface area contributed by atoms with E-state index in [-0.39, 0.29) is 24.8 Å². The molecule has 1 atom stereocenters. The average molecular weight is 305 g/mol. The van der Waals surface area contributed by atoms with Gasteiger partial charge in [0.15, 0.2) is 6.10 Å². The second kappa shape index (κ2) is 7.40. The minimum Gasteiger partial charge on any atom is -0.481 e. The van der Waals surface area contributed by atoms with E-state index >= 15 is 0 Å². The summed E-state index contributed by atoms with van der Waals surface area (Å²) in [5, 5.41) is 8.88. The largest absolute Gasteiger partial charge is 0.481 e. The lowest BCUT2D eigenvalue weighted by Crippen LogP contribution is -2.41. The number of carboxylic acid groups (broad SMARTS) is 1. The molecule has 1 aromatic carbocycles. The second-order valence-electron chi connectivity index (χ2n) is 6.02. The van der Waals surface area contributed by atoms with Gasteiger partial charge in [-0.15, -0.1) is 0 Å². The molecular weight excluding hydrogens is 282 g/mol. The summed E-state index contributed by atoms with van der Waals surface area (Å²) in [6.07, 6.45) is 0.143. The van der Waals surface area contributed by atoms with Gasteiger partial charge in [-0.05, 0) is 23.5 Å². The Hall–Kier alpha value is -1.88. The molecule has 1 aliphatic heterocycles. The summed E-state index contributed by atoms with van der Waals surface area (Å²) in [5.74, 6) is -0.759. The maximum absolute atomic E-state index is 12.8. The molecule has 5 heteroatoms. The van der Waals surface area contributed by atoms with E-state index in [2.05, 4.69) is 0 Å². The first-order chi connectivity index (χ1) is 10.5. The molecule has 1 N–H and O–H groups in total. The first-order valence-electron chi connectivity index (χ1n) is 7.69. The highest BCUT2D eigenvalue weighted by molar-refractivity contribution is 5.83. The molecule has 1 aromatic rings. The molecule has 0 saturated carbocycles. The van der Waals surface area contributed by atoms with Crippen LogP contribution < -0.4 is 0 Å². The molecule has 1 amide bonds. The maximum atomic E-state index is 12.8. The van der Waals surface area contributed by atoms with Crippen LogP contribution in [0.4, 0.5) is 0 Å². The fraction of sp³-hybridized carbons (Fsp3) is 0.529. The van der Waals surface area contributed by atoms with Crippen LogP contribution in [0.25, 0.3) is 0 Å². The van der Waals surface area contributed by atoms with Crippen LogP contribution in [0.1, 0.15) is 37.5 Å². The second-order valence-corrected chi connectivity index (χ2v) is 6.02. The molecule has 5 nitrogen and oxygen atoms in total. The van der Waals surface area contributed by atoms with E-state index in [0.717, 1.165) is 17.5 Å². The van der Waals surface area contributed by atoms with E-state index in [9.17, 15) is 9.59 Å². The van der Waals surface area contributed by atoms with Crippen molar-refractivity contribution in [1.82, 2.24) is 4.90 Å². The van der Waals surface area contributed by atoms with Gasteiger partial charge in [0, 0.05) is 13.1 Å². The van der Waals surface area contributed by atoms with Crippen molar-refractivity contribution in [2.75, 3.05) is 19.7 Å². The van der Waals surface area contributed by atoms with Crippen molar-refractivity contribution < 1.29 is 19.4 Å². The van der Waals surface area contributed by atoms with Crippen molar-refractivity contribution in [3.63, 3.8) is 0 Å². The summed E-state index contributed by atoms with van der Waals surface area (Å²) < 4.78 is 5.70. The summed E-state index contributed by atoms with van der Waals surface area (Å²) in [6, 6.07) is 7.80. The monoisotopic (exact) mass is 305 g/mol. The number of carboxylic acids is 1. The number of benzene rings is 1. The minimum absolute atomic E-state index is 0.0488. The highest BCUT2D eigenvalue weighted by Crippen LogP contribution is 2.28. The Labute approximate surface area is 130 Å². The van der Waals surface area contributed by atoms with Gasteiger partial charge in [-0.25, -0.2) is 0 Å². The molecule has 1 aliphatic rings. The van der Waals surface area contributed by atoms with Gasteiger partial charge in [-0.1, -0.05) is 38.1 Å². The maximum Gasteiger partial charge on any atom is 0.305 e. The molecule has 0 spiro atoms. The quantitative estimate of drug-likeness (QED) is 0.875. The summed E-state index contributed by atoms with van der Waals surface area (Å²) >= 11 is 0. The molecule has 120 valence electrons. The smallest absolute Gasteiger partial charge is 0.305 e. The van der Waals surface area contributed by atoms with Crippen LogP contribution in [-0.4, -0.2) is 41.6 Å². The number of aliphatic carboxylic acids is 1.